The second kappa shape index (κ2) is 10.4. The summed E-state index contributed by atoms with van der Waals surface area (Å²) in [6.07, 6.45) is 3.04. The van der Waals surface area contributed by atoms with Gasteiger partial charge in [0.25, 0.3) is 0 Å². The van der Waals surface area contributed by atoms with Gasteiger partial charge in [-0.05, 0) is 67.3 Å². The highest BCUT2D eigenvalue weighted by molar-refractivity contribution is 5.87. The number of rotatable bonds is 9. The van der Waals surface area contributed by atoms with Crippen LogP contribution < -0.4 is 5.32 Å². The highest BCUT2D eigenvalue weighted by Crippen LogP contribution is 2.49. The maximum Gasteiger partial charge on any atom is 0.316 e. The first-order chi connectivity index (χ1) is 19.0. The van der Waals surface area contributed by atoms with Crippen molar-refractivity contribution >= 4 is 5.97 Å². The van der Waals surface area contributed by atoms with Crippen molar-refractivity contribution < 1.29 is 19.2 Å². The Labute approximate surface area is 229 Å². The molecule has 2 unspecified atom stereocenters. The van der Waals surface area contributed by atoms with Crippen molar-refractivity contribution in [1.29, 1.82) is 0 Å². The number of aromatic nitrogens is 1. The van der Waals surface area contributed by atoms with Gasteiger partial charge in [0.2, 0.25) is 0 Å². The molecule has 200 valence electrons. The summed E-state index contributed by atoms with van der Waals surface area (Å²) in [5.41, 5.74) is 7.68. The van der Waals surface area contributed by atoms with Gasteiger partial charge < -0.3 is 19.7 Å². The van der Waals surface area contributed by atoms with Crippen LogP contribution in [0.5, 0.6) is 0 Å². The Kier molecular flexibility index (Phi) is 6.83. The number of fused-ring (bicyclic) bond motifs is 1. The van der Waals surface area contributed by atoms with Crippen molar-refractivity contribution in [2.75, 3.05) is 13.2 Å². The van der Waals surface area contributed by atoms with E-state index in [4.69, 9.17) is 9.26 Å². The van der Waals surface area contributed by atoms with E-state index in [0.29, 0.717) is 24.6 Å². The third-order valence-electron chi connectivity index (χ3n) is 8.27. The fourth-order valence-corrected chi connectivity index (χ4v) is 5.90. The van der Waals surface area contributed by atoms with Crippen LogP contribution in [0.2, 0.25) is 0 Å². The van der Waals surface area contributed by atoms with Gasteiger partial charge in [-0.2, -0.15) is 0 Å². The molecule has 2 aliphatic rings. The lowest BCUT2D eigenvalue weighted by molar-refractivity contribution is -0.146. The molecule has 39 heavy (non-hydrogen) atoms. The van der Waals surface area contributed by atoms with E-state index in [1.807, 2.05) is 50.2 Å². The predicted octanol–water partition coefficient (Wildman–Crippen LogP) is 6.22. The first kappa shape index (κ1) is 25.5. The number of aliphatic hydroxyl groups is 1. The number of carbonyl (C=O) groups is 1. The third kappa shape index (κ3) is 4.79. The molecule has 2 aliphatic carbocycles. The molecular weight excluding hydrogens is 488 g/mol. The molecule has 0 amide bonds. The molecule has 6 nitrogen and oxygen atoms in total. The monoisotopic (exact) mass is 522 g/mol. The predicted molar refractivity (Wildman–Crippen MR) is 150 cm³/mol. The Bertz CT molecular complexity index is 1470. The largest absolute Gasteiger partial charge is 0.465 e. The number of carbonyl (C=O) groups excluding carboxylic acids is 1. The van der Waals surface area contributed by atoms with Crippen LogP contribution >= 0.6 is 0 Å². The molecule has 6 heteroatoms. The molecule has 0 radical (unpaired) electrons. The van der Waals surface area contributed by atoms with Crippen LogP contribution in [0.15, 0.2) is 77.3 Å². The highest BCUT2D eigenvalue weighted by Gasteiger charge is 2.52. The van der Waals surface area contributed by atoms with Gasteiger partial charge in [0.15, 0.2) is 5.76 Å². The van der Waals surface area contributed by atoms with E-state index < -0.39 is 11.5 Å². The average molecular weight is 523 g/mol. The van der Waals surface area contributed by atoms with Crippen LogP contribution in [0, 0.1) is 6.92 Å². The number of nitrogens with one attached hydrogen (secondary N) is 1. The lowest BCUT2D eigenvalue weighted by Crippen LogP contribution is -2.25. The molecule has 1 fully saturated rings. The SMILES string of the molecule is CCOC(=O)C1(c2ccc(-c3ccc(-c4onc(C)c4C(O)CNC4CCc5ccccc54)cc3)cc2)CC1. The van der Waals surface area contributed by atoms with E-state index in [1.165, 1.54) is 11.1 Å². The Hall–Kier alpha value is -3.74. The molecule has 3 aromatic carbocycles. The fourth-order valence-electron chi connectivity index (χ4n) is 5.90. The number of nitrogens with zero attached hydrogens (tertiary/aromatic N) is 1. The van der Waals surface area contributed by atoms with E-state index in [2.05, 4.69) is 46.9 Å². The summed E-state index contributed by atoms with van der Waals surface area (Å²) in [7, 11) is 0. The van der Waals surface area contributed by atoms with E-state index in [9.17, 15) is 9.90 Å². The molecule has 0 aliphatic heterocycles. The maximum atomic E-state index is 12.4. The molecule has 1 aromatic heterocycles. The molecule has 1 heterocycles. The first-order valence-electron chi connectivity index (χ1n) is 13.8. The number of esters is 1. The van der Waals surface area contributed by atoms with Gasteiger partial charge in [-0.25, -0.2) is 0 Å². The van der Waals surface area contributed by atoms with Crippen molar-refractivity contribution in [3.05, 3.63) is 101 Å². The normalized spacial score (nSPS) is 18.0. The van der Waals surface area contributed by atoms with Crippen molar-refractivity contribution in [3.63, 3.8) is 0 Å². The lowest BCUT2D eigenvalue weighted by atomic mass is 9.93. The lowest BCUT2D eigenvalue weighted by Gasteiger charge is -2.18. The number of hydrogen-bond acceptors (Lipinski definition) is 6. The third-order valence-corrected chi connectivity index (χ3v) is 8.27. The van der Waals surface area contributed by atoms with Gasteiger partial charge in [-0.15, -0.1) is 0 Å². The minimum atomic E-state index is -0.736. The molecule has 0 saturated heterocycles. The summed E-state index contributed by atoms with van der Waals surface area (Å²) in [6, 6.07) is 25.0. The minimum absolute atomic E-state index is 0.120. The summed E-state index contributed by atoms with van der Waals surface area (Å²) in [5, 5.41) is 18.9. The maximum absolute atomic E-state index is 12.4. The molecule has 6 rings (SSSR count). The van der Waals surface area contributed by atoms with E-state index in [-0.39, 0.29) is 12.0 Å². The van der Waals surface area contributed by atoms with Crippen molar-refractivity contribution in [2.24, 2.45) is 0 Å². The standard InChI is InChI=1S/C33H34N2O4/c1-3-38-32(37)33(18-19-33)26-15-12-23(13-16-26)22-8-10-25(11-9-22)31-30(21(2)35-39-31)29(36)20-34-28-17-14-24-6-4-5-7-27(24)28/h4-13,15-16,28-29,34,36H,3,14,17-20H2,1-2H3. The Balaban J connectivity index is 1.16. The van der Waals surface area contributed by atoms with E-state index >= 15 is 0 Å². The number of benzene rings is 3. The smallest absolute Gasteiger partial charge is 0.316 e. The quantitative estimate of drug-likeness (QED) is 0.254. The van der Waals surface area contributed by atoms with E-state index in [0.717, 1.165) is 53.5 Å². The van der Waals surface area contributed by atoms with Gasteiger partial charge in [0.1, 0.15) is 0 Å². The zero-order valence-corrected chi connectivity index (χ0v) is 22.4. The van der Waals surface area contributed by atoms with Gasteiger partial charge in [0.05, 0.1) is 29.4 Å². The topological polar surface area (TPSA) is 84.6 Å². The summed E-state index contributed by atoms with van der Waals surface area (Å²) < 4.78 is 11.0. The second-order valence-corrected chi connectivity index (χ2v) is 10.7. The molecule has 2 atom stereocenters. The molecule has 1 saturated carbocycles. The van der Waals surface area contributed by atoms with Crippen LogP contribution in [0.25, 0.3) is 22.5 Å². The Morgan fingerprint density at radius 1 is 1.05 bits per heavy atom. The highest BCUT2D eigenvalue weighted by atomic mass is 16.5. The number of ether oxygens (including phenoxy) is 1. The minimum Gasteiger partial charge on any atom is -0.465 e. The summed E-state index contributed by atoms with van der Waals surface area (Å²) in [4.78, 5) is 12.4. The number of aryl methyl sites for hydroxylation is 2. The molecule has 0 bridgehead atoms. The molecule has 0 spiro atoms. The van der Waals surface area contributed by atoms with Gasteiger partial charge >= 0.3 is 5.97 Å². The van der Waals surface area contributed by atoms with E-state index in [1.54, 1.807) is 0 Å². The number of aliphatic hydroxyl groups excluding tert-OH is 1. The summed E-state index contributed by atoms with van der Waals surface area (Å²) in [6.45, 7) is 4.54. The van der Waals surface area contributed by atoms with Crippen LogP contribution in [-0.2, 0) is 21.4 Å². The van der Waals surface area contributed by atoms with Crippen molar-refractivity contribution in [2.45, 2.75) is 57.1 Å². The average Bonchev–Trinajstić information content (AvgIpc) is 3.54. The summed E-state index contributed by atoms with van der Waals surface area (Å²) >= 11 is 0. The molecule has 2 N–H and O–H groups in total. The van der Waals surface area contributed by atoms with Crippen molar-refractivity contribution in [3.8, 4) is 22.5 Å². The molecular formula is C33H34N2O4. The Morgan fingerprint density at radius 2 is 1.72 bits per heavy atom. The van der Waals surface area contributed by atoms with Crippen LogP contribution in [-0.4, -0.2) is 29.4 Å². The second-order valence-electron chi connectivity index (χ2n) is 10.7. The van der Waals surface area contributed by atoms with Gasteiger partial charge in [-0.1, -0.05) is 78.0 Å². The van der Waals surface area contributed by atoms with Crippen LogP contribution in [0.4, 0.5) is 0 Å². The van der Waals surface area contributed by atoms with Gasteiger partial charge in [-0.3, -0.25) is 4.79 Å². The summed E-state index contributed by atoms with van der Waals surface area (Å²) in [5.74, 6) is 0.478. The van der Waals surface area contributed by atoms with Crippen LogP contribution in [0.3, 0.4) is 0 Å². The van der Waals surface area contributed by atoms with Crippen molar-refractivity contribution in [1.82, 2.24) is 10.5 Å². The zero-order chi connectivity index (χ0) is 27.0. The van der Waals surface area contributed by atoms with Gasteiger partial charge in [0, 0.05) is 18.2 Å². The zero-order valence-electron chi connectivity index (χ0n) is 22.4. The van der Waals surface area contributed by atoms with Crippen LogP contribution in [0.1, 0.15) is 66.3 Å². The molecule has 4 aromatic rings. The Morgan fingerprint density at radius 3 is 2.41 bits per heavy atom. The first-order valence-corrected chi connectivity index (χ1v) is 13.8. The fraction of sp³-hybridized carbons (Fsp3) is 0.333. The number of hydrogen-bond donors (Lipinski definition) is 2.